The normalized spacial score (nSPS) is 26.1. The van der Waals surface area contributed by atoms with Crippen molar-refractivity contribution in [1.82, 2.24) is 0 Å². The maximum absolute atomic E-state index is 11.4. The van der Waals surface area contributed by atoms with E-state index in [1.807, 2.05) is 6.07 Å². The molecule has 0 bridgehead atoms. The number of rotatable bonds is 2. The predicted molar refractivity (Wildman–Crippen MR) is 80.5 cm³/mol. The lowest BCUT2D eigenvalue weighted by Crippen LogP contribution is -2.42. The molecular weight excluding hydrogens is 250 g/mol. The number of nitrogens with zero attached hydrogens (tertiary/aromatic N) is 1. The van der Waals surface area contributed by atoms with Gasteiger partial charge in [0.15, 0.2) is 0 Å². The molecule has 0 spiro atoms. The van der Waals surface area contributed by atoms with Gasteiger partial charge < -0.3 is 10.0 Å². The van der Waals surface area contributed by atoms with Crippen molar-refractivity contribution in [1.29, 1.82) is 0 Å². The van der Waals surface area contributed by atoms with Crippen molar-refractivity contribution < 1.29 is 9.90 Å². The van der Waals surface area contributed by atoms with E-state index in [1.54, 1.807) is 6.07 Å². The molecule has 1 aliphatic carbocycles. The largest absolute Gasteiger partial charge is 0.478 e. The van der Waals surface area contributed by atoms with Gasteiger partial charge in [0.1, 0.15) is 0 Å². The van der Waals surface area contributed by atoms with Crippen molar-refractivity contribution in [2.24, 2.45) is 5.92 Å². The van der Waals surface area contributed by atoms with Crippen LogP contribution in [0.3, 0.4) is 0 Å². The molecule has 3 rings (SSSR count). The van der Waals surface area contributed by atoms with E-state index >= 15 is 0 Å². The molecule has 1 aromatic carbocycles. The maximum Gasteiger partial charge on any atom is 0.336 e. The van der Waals surface area contributed by atoms with E-state index < -0.39 is 5.97 Å². The summed E-state index contributed by atoms with van der Waals surface area (Å²) in [6, 6.07) is 6.35. The Kier molecular flexibility index (Phi) is 3.68. The average Bonchev–Trinajstić information content (AvgIpc) is 2.45. The molecule has 0 radical (unpaired) electrons. The minimum absolute atomic E-state index is 0.496. The second-order valence-corrected chi connectivity index (χ2v) is 6.33. The first kappa shape index (κ1) is 13.5. The van der Waals surface area contributed by atoms with Gasteiger partial charge in [0.25, 0.3) is 0 Å². The van der Waals surface area contributed by atoms with Crippen molar-refractivity contribution in [2.45, 2.75) is 51.5 Å². The third kappa shape index (κ3) is 2.41. The quantitative estimate of drug-likeness (QED) is 0.893. The second kappa shape index (κ2) is 5.47. The van der Waals surface area contributed by atoms with Crippen molar-refractivity contribution >= 4 is 11.7 Å². The predicted octanol–water partition coefficient (Wildman–Crippen LogP) is 3.72. The Balaban J connectivity index is 1.93. The van der Waals surface area contributed by atoms with Crippen molar-refractivity contribution in [2.75, 3.05) is 11.4 Å². The third-order valence-electron chi connectivity index (χ3n) is 4.87. The highest BCUT2D eigenvalue weighted by molar-refractivity contribution is 5.91. The van der Waals surface area contributed by atoms with Gasteiger partial charge in [-0.3, -0.25) is 0 Å². The minimum atomic E-state index is -0.791. The fraction of sp³-hybridized carbons (Fsp3) is 0.588. The standard InChI is InChI=1S/C17H23NO2/c1-12-5-2-6-13(11-12)18-10-4-8-14-15(17(19)20)7-3-9-16(14)18/h3,7,9,12-13H,2,4-6,8,10-11H2,1H3,(H,19,20). The van der Waals surface area contributed by atoms with Crippen LogP contribution >= 0.6 is 0 Å². The van der Waals surface area contributed by atoms with Crippen molar-refractivity contribution in [3.05, 3.63) is 29.3 Å². The smallest absolute Gasteiger partial charge is 0.336 e. The summed E-state index contributed by atoms with van der Waals surface area (Å²) in [6.45, 7) is 3.41. The average molecular weight is 273 g/mol. The number of anilines is 1. The molecule has 1 aromatic rings. The van der Waals surface area contributed by atoms with Crippen LogP contribution in [-0.2, 0) is 6.42 Å². The number of hydrogen-bond acceptors (Lipinski definition) is 2. The SMILES string of the molecule is CC1CCCC(N2CCCc3c(C(=O)O)cccc32)C1. The van der Waals surface area contributed by atoms with Crippen LogP contribution in [0.2, 0.25) is 0 Å². The van der Waals surface area contributed by atoms with Crippen LogP contribution in [0.25, 0.3) is 0 Å². The van der Waals surface area contributed by atoms with Gasteiger partial charge in [-0.25, -0.2) is 4.79 Å². The molecule has 1 saturated carbocycles. The van der Waals surface area contributed by atoms with Crippen molar-refractivity contribution in [3.8, 4) is 0 Å². The lowest BCUT2D eigenvalue weighted by Gasteiger charge is -2.41. The Morgan fingerprint density at radius 2 is 2.15 bits per heavy atom. The first-order valence-corrected chi connectivity index (χ1v) is 7.78. The summed E-state index contributed by atoms with van der Waals surface area (Å²) >= 11 is 0. The first-order chi connectivity index (χ1) is 9.66. The molecule has 1 aliphatic heterocycles. The van der Waals surface area contributed by atoms with Gasteiger partial charge in [-0.2, -0.15) is 0 Å². The van der Waals surface area contributed by atoms with Gasteiger partial charge in [0, 0.05) is 18.3 Å². The number of carboxylic acid groups (broad SMARTS) is 1. The molecule has 2 unspecified atom stereocenters. The molecule has 20 heavy (non-hydrogen) atoms. The Hall–Kier alpha value is -1.51. The summed E-state index contributed by atoms with van der Waals surface area (Å²) in [5.74, 6) is 0.00231. The fourth-order valence-electron chi connectivity index (χ4n) is 3.92. The van der Waals surface area contributed by atoms with E-state index in [0.29, 0.717) is 11.6 Å². The van der Waals surface area contributed by atoms with Crippen LogP contribution in [0.15, 0.2) is 18.2 Å². The minimum Gasteiger partial charge on any atom is -0.478 e. The van der Waals surface area contributed by atoms with Crippen LogP contribution in [0, 0.1) is 5.92 Å². The van der Waals surface area contributed by atoms with E-state index in [4.69, 9.17) is 0 Å². The zero-order valence-electron chi connectivity index (χ0n) is 12.1. The van der Waals surface area contributed by atoms with Crippen LogP contribution in [-0.4, -0.2) is 23.7 Å². The highest BCUT2D eigenvalue weighted by atomic mass is 16.4. The van der Waals surface area contributed by atoms with Gasteiger partial charge in [-0.05, 0) is 49.3 Å². The Morgan fingerprint density at radius 1 is 1.30 bits per heavy atom. The Morgan fingerprint density at radius 3 is 2.90 bits per heavy atom. The molecule has 2 atom stereocenters. The van der Waals surface area contributed by atoms with Gasteiger partial charge in [0.2, 0.25) is 0 Å². The number of aromatic carboxylic acids is 1. The van der Waals surface area contributed by atoms with Crippen molar-refractivity contribution in [3.63, 3.8) is 0 Å². The number of carbonyl (C=O) groups is 1. The molecule has 0 saturated heterocycles. The molecule has 3 heteroatoms. The molecule has 1 fully saturated rings. The summed E-state index contributed by atoms with van der Waals surface area (Å²) in [5.41, 5.74) is 2.72. The summed E-state index contributed by atoms with van der Waals surface area (Å²) in [6.07, 6.45) is 7.11. The number of benzene rings is 1. The zero-order valence-corrected chi connectivity index (χ0v) is 12.1. The highest BCUT2D eigenvalue weighted by Crippen LogP contribution is 2.36. The van der Waals surface area contributed by atoms with Crippen LogP contribution in [0.5, 0.6) is 0 Å². The van der Waals surface area contributed by atoms with E-state index in [1.165, 1.54) is 31.4 Å². The lowest BCUT2D eigenvalue weighted by molar-refractivity contribution is 0.0695. The van der Waals surface area contributed by atoms with E-state index in [0.717, 1.165) is 30.9 Å². The summed E-state index contributed by atoms with van der Waals surface area (Å²) < 4.78 is 0. The maximum atomic E-state index is 11.4. The van der Waals surface area contributed by atoms with Crippen LogP contribution in [0.1, 0.15) is 54.9 Å². The molecule has 2 aliphatic rings. The highest BCUT2D eigenvalue weighted by Gasteiger charge is 2.29. The second-order valence-electron chi connectivity index (χ2n) is 6.33. The fourth-order valence-corrected chi connectivity index (χ4v) is 3.92. The monoisotopic (exact) mass is 273 g/mol. The van der Waals surface area contributed by atoms with E-state index in [2.05, 4.69) is 17.9 Å². The van der Waals surface area contributed by atoms with Gasteiger partial charge in [-0.1, -0.05) is 25.8 Å². The topological polar surface area (TPSA) is 40.5 Å². The molecular formula is C17H23NO2. The van der Waals surface area contributed by atoms with Gasteiger partial charge in [0.05, 0.1) is 5.56 Å². The summed E-state index contributed by atoms with van der Waals surface area (Å²) in [4.78, 5) is 13.9. The van der Waals surface area contributed by atoms with Crippen LogP contribution in [0.4, 0.5) is 5.69 Å². The molecule has 0 aromatic heterocycles. The number of hydrogen-bond donors (Lipinski definition) is 1. The lowest BCUT2D eigenvalue weighted by atomic mass is 9.84. The van der Waals surface area contributed by atoms with E-state index in [9.17, 15) is 9.90 Å². The zero-order chi connectivity index (χ0) is 14.1. The first-order valence-electron chi connectivity index (χ1n) is 7.78. The summed E-state index contributed by atoms with van der Waals surface area (Å²) in [7, 11) is 0. The number of fused-ring (bicyclic) bond motifs is 1. The van der Waals surface area contributed by atoms with Crippen LogP contribution < -0.4 is 4.90 Å². The van der Waals surface area contributed by atoms with Gasteiger partial charge in [-0.15, -0.1) is 0 Å². The molecule has 1 heterocycles. The van der Waals surface area contributed by atoms with E-state index in [-0.39, 0.29) is 0 Å². The molecule has 0 amide bonds. The molecule has 108 valence electrons. The number of carboxylic acids is 1. The Bertz CT molecular complexity index is 512. The summed E-state index contributed by atoms with van der Waals surface area (Å²) in [5, 5.41) is 9.36. The third-order valence-corrected chi connectivity index (χ3v) is 4.87. The van der Waals surface area contributed by atoms with Gasteiger partial charge >= 0.3 is 5.97 Å². The Labute approximate surface area is 120 Å². The molecule has 1 N–H and O–H groups in total. The molecule has 3 nitrogen and oxygen atoms in total.